The summed E-state index contributed by atoms with van der Waals surface area (Å²) >= 11 is 0. The van der Waals surface area contributed by atoms with E-state index in [1.54, 1.807) is 0 Å². The molecule has 37 heavy (non-hydrogen) atoms. The molecular formula is C24H19F5N4O3S. The number of hydrogen-bond acceptors (Lipinski definition) is 5. The summed E-state index contributed by atoms with van der Waals surface area (Å²) in [7, 11) is -4.05. The van der Waals surface area contributed by atoms with Gasteiger partial charge in [-0.25, -0.2) is 27.2 Å². The van der Waals surface area contributed by atoms with Crippen molar-refractivity contribution in [3.8, 4) is 11.1 Å². The van der Waals surface area contributed by atoms with Gasteiger partial charge in [-0.1, -0.05) is 0 Å². The van der Waals surface area contributed by atoms with E-state index >= 15 is 0 Å². The van der Waals surface area contributed by atoms with Crippen molar-refractivity contribution in [1.29, 1.82) is 0 Å². The molecule has 2 saturated heterocycles. The normalized spacial score (nSPS) is 21.5. The number of halogens is 5. The van der Waals surface area contributed by atoms with E-state index in [4.69, 9.17) is 0 Å². The Morgan fingerprint density at radius 3 is 2.24 bits per heavy atom. The van der Waals surface area contributed by atoms with Gasteiger partial charge in [0, 0.05) is 30.5 Å². The average Bonchev–Trinajstić information content (AvgIpc) is 3.40. The van der Waals surface area contributed by atoms with E-state index in [0.717, 1.165) is 53.1 Å². The molecule has 13 heteroatoms. The van der Waals surface area contributed by atoms with Crippen molar-refractivity contribution in [3.63, 3.8) is 0 Å². The molecule has 3 fully saturated rings. The number of carbonyl (C=O) groups excluding carboxylic acids is 1. The van der Waals surface area contributed by atoms with Gasteiger partial charge in [-0.2, -0.15) is 17.5 Å². The summed E-state index contributed by atoms with van der Waals surface area (Å²) < 4.78 is 93.3. The lowest BCUT2D eigenvalue weighted by Crippen LogP contribution is -2.46. The molecule has 2 aliphatic heterocycles. The molecule has 1 aliphatic carbocycles. The van der Waals surface area contributed by atoms with Crippen molar-refractivity contribution in [2.24, 2.45) is 5.92 Å². The Morgan fingerprint density at radius 2 is 1.62 bits per heavy atom. The lowest BCUT2D eigenvalue weighted by molar-refractivity contribution is -0.145. The molecule has 194 valence electrons. The highest BCUT2D eigenvalue weighted by Crippen LogP contribution is 2.48. The minimum absolute atomic E-state index is 0.118. The summed E-state index contributed by atoms with van der Waals surface area (Å²) in [5.41, 5.74) is 0.663. The highest BCUT2D eigenvalue weighted by molar-refractivity contribution is 7.89. The molecule has 1 N–H and O–H groups in total. The first-order valence-corrected chi connectivity index (χ1v) is 12.6. The van der Waals surface area contributed by atoms with Gasteiger partial charge in [-0.05, 0) is 72.4 Å². The molecular weight excluding hydrogens is 519 g/mol. The summed E-state index contributed by atoms with van der Waals surface area (Å²) in [4.78, 5) is 19.5. The second-order valence-electron chi connectivity index (χ2n) is 8.98. The van der Waals surface area contributed by atoms with Gasteiger partial charge in [-0.3, -0.25) is 4.79 Å². The van der Waals surface area contributed by atoms with Crippen LogP contribution < -0.4 is 5.32 Å². The SMILES string of the molecule is O=C(NCc1cc(F)cc(-c2cnc(C(F)(F)F)nc2)c1)[C@@H]1C2CC(C2)N1S(=O)(=O)c1ccc(F)cc1. The molecule has 3 heterocycles. The topological polar surface area (TPSA) is 92.3 Å². The predicted molar refractivity (Wildman–Crippen MR) is 120 cm³/mol. The van der Waals surface area contributed by atoms with E-state index < -0.39 is 45.6 Å². The van der Waals surface area contributed by atoms with Crippen LogP contribution in [0, 0.1) is 17.6 Å². The Bertz CT molecular complexity index is 1440. The second-order valence-corrected chi connectivity index (χ2v) is 10.8. The third kappa shape index (κ3) is 4.80. The standard InChI is InChI=1S/C24H19F5N4O3S/c25-17-1-3-20(4-2-17)37(35,36)33-19-8-15(9-19)21(33)22(34)30-10-13-5-14(7-18(26)6-13)16-11-31-23(32-12-16)24(27,28)29/h1-7,11-12,15,19,21H,8-10H2,(H,30,34)/t15?,19?,21-/m0/s1. The molecule has 0 spiro atoms. The Labute approximate surface area is 208 Å². The van der Waals surface area contributed by atoms with Crippen LogP contribution in [0.15, 0.2) is 59.8 Å². The van der Waals surface area contributed by atoms with E-state index in [1.165, 1.54) is 6.07 Å². The molecule has 1 amide bonds. The average molecular weight is 538 g/mol. The van der Waals surface area contributed by atoms with Crippen molar-refractivity contribution < 1.29 is 35.2 Å². The van der Waals surface area contributed by atoms with Crippen LogP contribution in [0.25, 0.3) is 11.1 Å². The molecule has 2 aromatic carbocycles. The molecule has 1 aromatic heterocycles. The molecule has 2 bridgehead atoms. The number of amides is 1. The second kappa shape index (κ2) is 9.14. The van der Waals surface area contributed by atoms with Crippen LogP contribution in [0.1, 0.15) is 24.2 Å². The summed E-state index contributed by atoms with van der Waals surface area (Å²) in [5.74, 6) is -3.33. The van der Waals surface area contributed by atoms with Gasteiger partial charge in [0.1, 0.15) is 17.7 Å². The van der Waals surface area contributed by atoms with E-state index in [0.29, 0.717) is 18.4 Å². The molecule has 3 aromatic rings. The molecule has 0 unspecified atom stereocenters. The quantitative estimate of drug-likeness (QED) is 0.481. The maximum absolute atomic E-state index is 14.3. The Hall–Kier alpha value is -3.45. The Morgan fingerprint density at radius 1 is 0.973 bits per heavy atom. The van der Waals surface area contributed by atoms with Crippen LogP contribution in [0.4, 0.5) is 22.0 Å². The van der Waals surface area contributed by atoms with Crippen LogP contribution >= 0.6 is 0 Å². The number of aromatic nitrogens is 2. The van der Waals surface area contributed by atoms with Gasteiger partial charge >= 0.3 is 6.18 Å². The fourth-order valence-electron chi connectivity index (χ4n) is 4.77. The first-order chi connectivity index (χ1) is 17.4. The number of rotatable bonds is 6. The summed E-state index contributed by atoms with van der Waals surface area (Å²) in [6.45, 7) is -0.149. The summed E-state index contributed by atoms with van der Waals surface area (Å²) in [5, 5.41) is 2.64. The monoisotopic (exact) mass is 538 g/mol. The molecule has 0 radical (unpaired) electrons. The van der Waals surface area contributed by atoms with Crippen LogP contribution in [0.5, 0.6) is 0 Å². The maximum atomic E-state index is 14.3. The van der Waals surface area contributed by atoms with Crippen molar-refractivity contribution >= 4 is 15.9 Å². The van der Waals surface area contributed by atoms with Gasteiger partial charge in [0.2, 0.25) is 21.8 Å². The number of benzene rings is 2. The minimum Gasteiger partial charge on any atom is -0.351 e. The zero-order valence-electron chi connectivity index (χ0n) is 18.9. The van der Waals surface area contributed by atoms with Gasteiger partial charge in [0.05, 0.1) is 4.90 Å². The van der Waals surface area contributed by atoms with Gasteiger partial charge in [0.15, 0.2) is 0 Å². The van der Waals surface area contributed by atoms with Crippen LogP contribution in [-0.4, -0.2) is 40.7 Å². The first-order valence-electron chi connectivity index (χ1n) is 11.2. The van der Waals surface area contributed by atoms with E-state index in [-0.39, 0.29) is 34.5 Å². The van der Waals surface area contributed by atoms with Crippen LogP contribution in [0.2, 0.25) is 0 Å². The summed E-state index contributed by atoms with van der Waals surface area (Å²) in [6, 6.07) is 6.78. The number of fused-ring (bicyclic) bond motifs is 1. The van der Waals surface area contributed by atoms with Gasteiger partial charge < -0.3 is 5.32 Å². The minimum atomic E-state index is -4.71. The fraction of sp³-hybridized carbons (Fsp3) is 0.292. The van der Waals surface area contributed by atoms with Gasteiger partial charge in [0.25, 0.3) is 0 Å². The maximum Gasteiger partial charge on any atom is 0.451 e. The highest BCUT2D eigenvalue weighted by atomic mass is 32.2. The number of hydrogen-bond donors (Lipinski definition) is 1. The van der Waals surface area contributed by atoms with E-state index in [2.05, 4.69) is 15.3 Å². The van der Waals surface area contributed by atoms with E-state index in [1.807, 2.05) is 0 Å². The fourth-order valence-corrected chi connectivity index (χ4v) is 6.63. The highest BCUT2D eigenvalue weighted by Gasteiger charge is 2.58. The van der Waals surface area contributed by atoms with Crippen molar-refractivity contribution in [3.05, 3.63) is 77.9 Å². The Kier molecular flexibility index (Phi) is 6.23. The van der Waals surface area contributed by atoms with Crippen LogP contribution in [-0.2, 0) is 27.5 Å². The van der Waals surface area contributed by atoms with Gasteiger partial charge in [-0.15, -0.1) is 0 Å². The molecule has 3 aliphatic rings. The van der Waals surface area contributed by atoms with E-state index in [9.17, 15) is 35.2 Å². The number of alkyl halides is 3. The first kappa shape index (κ1) is 25.2. The smallest absolute Gasteiger partial charge is 0.351 e. The predicted octanol–water partition coefficient (Wildman–Crippen LogP) is 3.91. The zero-order valence-corrected chi connectivity index (χ0v) is 19.7. The largest absolute Gasteiger partial charge is 0.451 e. The lowest BCUT2D eigenvalue weighted by Gasteiger charge is -2.25. The third-order valence-corrected chi connectivity index (χ3v) is 8.50. The zero-order chi connectivity index (χ0) is 26.5. The molecule has 7 nitrogen and oxygen atoms in total. The summed E-state index contributed by atoms with van der Waals surface area (Å²) in [6.07, 6.45) is -1.81. The van der Waals surface area contributed by atoms with Crippen molar-refractivity contribution in [1.82, 2.24) is 19.6 Å². The van der Waals surface area contributed by atoms with Crippen LogP contribution in [0.3, 0.4) is 0 Å². The van der Waals surface area contributed by atoms with Crippen molar-refractivity contribution in [2.45, 2.75) is 42.5 Å². The van der Waals surface area contributed by atoms with Crippen molar-refractivity contribution in [2.75, 3.05) is 0 Å². The Balaban J connectivity index is 1.32. The third-order valence-electron chi connectivity index (χ3n) is 6.55. The number of carbonyl (C=O) groups is 1. The molecule has 1 atom stereocenters. The molecule has 6 rings (SSSR count). The number of nitrogens with zero attached hydrogens (tertiary/aromatic N) is 3. The number of nitrogens with one attached hydrogen (secondary N) is 1. The number of sulfonamides is 1. The lowest BCUT2D eigenvalue weighted by atomic mass is 9.83. The molecule has 1 saturated carbocycles.